The SMILES string of the molecule is O=C(CCl)CCCCC(=O)c1ccc2c(c1)C(=O)C(c1c(O)[nH]c3ccccc13)=N2. The molecule has 0 unspecified atom stereocenters. The average Bonchev–Trinajstić information content (AvgIpc) is 3.25. The zero-order valence-corrected chi connectivity index (χ0v) is 16.8. The molecule has 0 fully saturated rings. The third kappa shape index (κ3) is 3.66. The first-order valence-electron chi connectivity index (χ1n) is 9.68. The van der Waals surface area contributed by atoms with Crippen molar-refractivity contribution in [3.8, 4) is 5.88 Å². The Hall–Kier alpha value is -3.25. The fraction of sp³-hybridized carbons (Fsp3) is 0.217. The number of ketones is 3. The molecule has 7 heteroatoms. The molecule has 1 aliphatic heterocycles. The van der Waals surface area contributed by atoms with Crippen LogP contribution in [0.4, 0.5) is 5.69 Å². The summed E-state index contributed by atoms with van der Waals surface area (Å²) < 4.78 is 0. The lowest BCUT2D eigenvalue weighted by atomic mass is 9.98. The van der Waals surface area contributed by atoms with E-state index >= 15 is 0 Å². The summed E-state index contributed by atoms with van der Waals surface area (Å²) in [6.45, 7) is 0. The summed E-state index contributed by atoms with van der Waals surface area (Å²) in [6.07, 6.45) is 1.84. The van der Waals surface area contributed by atoms with Gasteiger partial charge in [0.1, 0.15) is 11.5 Å². The van der Waals surface area contributed by atoms with Crippen LogP contribution < -0.4 is 0 Å². The van der Waals surface area contributed by atoms with Gasteiger partial charge in [0.05, 0.1) is 22.7 Å². The van der Waals surface area contributed by atoms with E-state index in [-0.39, 0.29) is 34.8 Å². The number of carbonyl (C=O) groups is 3. The molecule has 0 spiro atoms. The Bertz CT molecular complexity index is 1210. The smallest absolute Gasteiger partial charge is 0.214 e. The molecule has 0 bridgehead atoms. The number of nitrogens with one attached hydrogen (secondary N) is 1. The van der Waals surface area contributed by atoms with Gasteiger partial charge in [-0.1, -0.05) is 18.2 Å². The predicted molar refractivity (Wildman–Crippen MR) is 115 cm³/mol. The van der Waals surface area contributed by atoms with Crippen molar-refractivity contribution in [2.75, 3.05) is 5.88 Å². The molecule has 0 atom stereocenters. The molecule has 4 rings (SSSR count). The van der Waals surface area contributed by atoms with E-state index in [0.717, 1.165) is 0 Å². The molecule has 0 saturated carbocycles. The Morgan fingerprint density at radius 3 is 2.63 bits per heavy atom. The number of carbonyl (C=O) groups excluding carboxylic acids is 3. The van der Waals surface area contributed by atoms with E-state index in [1.165, 1.54) is 0 Å². The number of unbranched alkanes of at least 4 members (excludes halogenated alkanes) is 1. The highest BCUT2D eigenvalue weighted by Gasteiger charge is 2.30. The van der Waals surface area contributed by atoms with E-state index in [1.807, 2.05) is 24.3 Å². The standard InChI is InChI=1S/C23H19ClN2O4/c24-12-14(27)5-1-4-8-19(28)13-9-10-18-16(11-13)22(29)21(25-18)20-15-6-2-3-7-17(15)26-23(20)30/h2-3,6-7,9-11,26,30H,1,4-5,8,12H2. The molecule has 2 heterocycles. The van der Waals surface area contributed by atoms with Crippen molar-refractivity contribution in [1.29, 1.82) is 0 Å². The molecule has 0 amide bonds. The Balaban J connectivity index is 1.53. The molecular formula is C23H19ClN2O4. The second-order valence-corrected chi connectivity index (χ2v) is 7.49. The molecule has 2 N–H and O–H groups in total. The topological polar surface area (TPSA) is 99.6 Å². The minimum absolute atomic E-state index is 0.00476. The number of Topliss-reactive ketones (excluding diaryl/α,β-unsaturated/α-hetero) is 3. The first-order chi connectivity index (χ1) is 14.5. The fourth-order valence-corrected chi connectivity index (χ4v) is 3.78. The number of hydrogen-bond donors (Lipinski definition) is 2. The monoisotopic (exact) mass is 422 g/mol. The van der Waals surface area contributed by atoms with Gasteiger partial charge >= 0.3 is 0 Å². The van der Waals surface area contributed by atoms with Gasteiger partial charge in [-0.25, -0.2) is 4.99 Å². The molecule has 1 aromatic heterocycles. The van der Waals surface area contributed by atoms with Crippen molar-refractivity contribution in [3.63, 3.8) is 0 Å². The van der Waals surface area contributed by atoms with E-state index in [4.69, 9.17) is 11.6 Å². The van der Waals surface area contributed by atoms with Gasteiger partial charge in [-0.3, -0.25) is 14.4 Å². The van der Waals surface area contributed by atoms with E-state index in [9.17, 15) is 19.5 Å². The fourth-order valence-electron chi connectivity index (χ4n) is 3.64. The number of H-pyrrole nitrogens is 1. The number of nitrogens with zero attached hydrogens (tertiary/aromatic N) is 1. The van der Waals surface area contributed by atoms with Gasteiger partial charge in [0.15, 0.2) is 11.7 Å². The molecule has 152 valence electrons. The Morgan fingerprint density at radius 2 is 1.83 bits per heavy atom. The Labute approximate surface area is 177 Å². The van der Waals surface area contributed by atoms with Crippen LogP contribution >= 0.6 is 11.6 Å². The molecular weight excluding hydrogens is 404 g/mol. The summed E-state index contributed by atoms with van der Waals surface area (Å²) in [5, 5.41) is 11.0. The van der Waals surface area contributed by atoms with Crippen molar-refractivity contribution in [3.05, 3.63) is 59.2 Å². The molecule has 2 aromatic carbocycles. The van der Waals surface area contributed by atoms with Crippen LogP contribution in [0.2, 0.25) is 0 Å². The highest BCUT2D eigenvalue weighted by atomic mass is 35.5. The van der Waals surface area contributed by atoms with Crippen LogP contribution in [-0.2, 0) is 4.79 Å². The normalized spacial score (nSPS) is 12.8. The van der Waals surface area contributed by atoms with Crippen molar-refractivity contribution >= 4 is 51.3 Å². The van der Waals surface area contributed by atoms with Crippen molar-refractivity contribution in [2.45, 2.75) is 25.7 Å². The number of para-hydroxylation sites is 1. The van der Waals surface area contributed by atoms with Gasteiger partial charge in [-0.2, -0.15) is 0 Å². The lowest BCUT2D eigenvalue weighted by Crippen LogP contribution is -2.11. The van der Waals surface area contributed by atoms with Crippen LogP contribution in [0.5, 0.6) is 5.88 Å². The van der Waals surface area contributed by atoms with Gasteiger partial charge in [0.25, 0.3) is 0 Å². The zero-order valence-electron chi connectivity index (χ0n) is 16.1. The van der Waals surface area contributed by atoms with Gasteiger partial charge in [0, 0.05) is 29.3 Å². The second-order valence-electron chi connectivity index (χ2n) is 7.22. The van der Waals surface area contributed by atoms with Crippen LogP contribution in [-0.4, -0.2) is 39.0 Å². The number of aliphatic imine (C=N–C) groups is 1. The van der Waals surface area contributed by atoms with Crippen LogP contribution in [0.25, 0.3) is 10.9 Å². The summed E-state index contributed by atoms with van der Waals surface area (Å²) in [5.41, 5.74) is 2.49. The van der Waals surface area contributed by atoms with Gasteiger partial charge in [-0.15, -0.1) is 11.6 Å². The first-order valence-corrected chi connectivity index (χ1v) is 10.2. The minimum Gasteiger partial charge on any atom is -0.494 e. The molecule has 0 radical (unpaired) electrons. The number of alkyl halides is 1. The molecule has 0 saturated heterocycles. The molecule has 6 nitrogen and oxygen atoms in total. The van der Waals surface area contributed by atoms with Gasteiger partial charge < -0.3 is 10.1 Å². The van der Waals surface area contributed by atoms with Crippen LogP contribution in [0, 0.1) is 0 Å². The first kappa shape index (κ1) is 20.0. The highest BCUT2D eigenvalue weighted by Crippen LogP contribution is 2.35. The summed E-state index contributed by atoms with van der Waals surface area (Å²) in [7, 11) is 0. The lowest BCUT2D eigenvalue weighted by Gasteiger charge is -2.03. The van der Waals surface area contributed by atoms with Gasteiger partial charge in [-0.05, 0) is 37.1 Å². The van der Waals surface area contributed by atoms with Gasteiger partial charge in [0.2, 0.25) is 5.78 Å². The summed E-state index contributed by atoms with van der Waals surface area (Å²) in [4.78, 5) is 44.0. The predicted octanol–water partition coefficient (Wildman–Crippen LogP) is 4.74. The summed E-state index contributed by atoms with van der Waals surface area (Å²) >= 11 is 5.47. The number of aromatic amines is 1. The maximum atomic E-state index is 13.0. The van der Waals surface area contributed by atoms with Crippen molar-refractivity contribution in [2.24, 2.45) is 4.99 Å². The quantitative estimate of drug-likeness (QED) is 0.311. The average molecular weight is 423 g/mol. The van der Waals surface area contributed by atoms with E-state index in [2.05, 4.69) is 9.98 Å². The summed E-state index contributed by atoms with van der Waals surface area (Å²) in [5.74, 6) is -0.564. The minimum atomic E-state index is -0.326. The number of fused-ring (bicyclic) bond motifs is 2. The number of benzene rings is 2. The third-order valence-electron chi connectivity index (χ3n) is 5.19. The second kappa shape index (κ2) is 8.24. The Kier molecular flexibility index (Phi) is 5.50. The van der Waals surface area contributed by atoms with E-state index in [1.54, 1.807) is 18.2 Å². The molecule has 30 heavy (non-hydrogen) atoms. The third-order valence-corrected chi connectivity index (χ3v) is 5.49. The van der Waals surface area contributed by atoms with Crippen LogP contribution in [0.1, 0.15) is 52.0 Å². The van der Waals surface area contributed by atoms with E-state index in [0.29, 0.717) is 59.0 Å². The number of rotatable bonds is 8. The number of aromatic nitrogens is 1. The number of halogens is 1. The highest BCUT2D eigenvalue weighted by molar-refractivity contribution is 6.56. The maximum absolute atomic E-state index is 13.0. The van der Waals surface area contributed by atoms with Crippen molar-refractivity contribution < 1.29 is 19.5 Å². The van der Waals surface area contributed by atoms with Crippen molar-refractivity contribution in [1.82, 2.24) is 4.98 Å². The van der Waals surface area contributed by atoms with E-state index < -0.39 is 0 Å². The molecule has 1 aliphatic rings. The zero-order chi connectivity index (χ0) is 21.3. The molecule has 3 aromatic rings. The number of aromatic hydroxyl groups is 1. The summed E-state index contributed by atoms with van der Waals surface area (Å²) in [6, 6.07) is 12.1. The lowest BCUT2D eigenvalue weighted by molar-refractivity contribution is -0.116. The van der Waals surface area contributed by atoms with Crippen LogP contribution in [0.3, 0.4) is 0 Å². The molecule has 0 aliphatic carbocycles. The Morgan fingerprint density at radius 1 is 1.07 bits per heavy atom. The largest absolute Gasteiger partial charge is 0.494 e. The number of hydrogen-bond acceptors (Lipinski definition) is 5. The van der Waals surface area contributed by atoms with Crippen LogP contribution in [0.15, 0.2) is 47.5 Å². The maximum Gasteiger partial charge on any atom is 0.214 e.